The molecule has 1 aliphatic rings. The summed E-state index contributed by atoms with van der Waals surface area (Å²) in [6.07, 6.45) is 0.547. The summed E-state index contributed by atoms with van der Waals surface area (Å²) >= 11 is 0. The number of hydrogen-bond donors (Lipinski definition) is 4. The van der Waals surface area contributed by atoms with Gasteiger partial charge in [-0.25, -0.2) is 0 Å². The van der Waals surface area contributed by atoms with E-state index in [0.29, 0.717) is 17.7 Å². The highest BCUT2D eigenvalue weighted by Crippen LogP contribution is 2.10. The Morgan fingerprint density at radius 1 is 1.26 bits per heavy atom. The molecule has 0 spiro atoms. The smallest absolute Gasteiger partial charge is 0.251 e. The van der Waals surface area contributed by atoms with Gasteiger partial charge in [-0.2, -0.15) is 0 Å². The first kappa shape index (κ1) is 13.0. The van der Waals surface area contributed by atoms with Crippen molar-refractivity contribution in [3.63, 3.8) is 0 Å². The average Bonchev–Trinajstić information content (AvgIpc) is 2.42. The molecular weight excluding hydrogens is 248 g/mol. The lowest BCUT2D eigenvalue weighted by Gasteiger charge is -2.21. The van der Waals surface area contributed by atoms with Gasteiger partial charge in [0, 0.05) is 17.7 Å². The third-order valence-electron chi connectivity index (χ3n) is 2.86. The number of piperidine rings is 1. The molecule has 0 bridgehead atoms. The number of carbonyl (C=O) groups excluding carboxylic acids is 3. The van der Waals surface area contributed by atoms with E-state index in [0.717, 1.165) is 0 Å². The number of nitrogens with one attached hydrogen (secondary N) is 3. The van der Waals surface area contributed by atoms with E-state index in [1.165, 1.54) is 0 Å². The molecule has 7 heteroatoms. The van der Waals surface area contributed by atoms with Crippen LogP contribution in [0.15, 0.2) is 24.3 Å². The summed E-state index contributed by atoms with van der Waals surface area (Å²) in [6, 6.07) is 5.82. The fourth-order valence-electron chi connectivity index (χ4n) is 1.79. The second kappa shape index (κ2) is 5.49. The van der Waals surface area contributed by atoms with Gasteiger partial charge in [-0.3, -0.25) is 25.5 Å². The molecule has 1 atom stereocenters. The van der Waals surface area contributed by atoms with Crippen molar-refractivity contribution in [1.29, 1.82) is 0 Å². The van der Waals surface area contributed by atoms with Gasteiger partial charge < -0.3 is 10.7 Å². The number of anilines is 1. The van der Waals surface area contributed by atoms with Gasteiger partial charge >= 0.3 is 0 Å². The SMILES string of the molecule is NNc1ccc(C(=O)NC2CCC(=O)NC2=O)cc1. The minimum atomic E-state index is -0.669. The quantitative estimate of drug-likeness (QED) is 0.333. The van der Waals surface area contributed by atoms with Crippen LogP contribution in [0.4, 0.5) is 5.69 Å². The molecule has 19 heavy (non-hydrogen) atoms. The van der Waals surface area contributed by atoms with Crippen LogP contribution in [-0.4, -0.2) is 23.8 Å². The van der Waals surface area contributed by atoms with Gasteiger partial charge in [-0.15, -0.1) is 0 Å². The zero-order chi connectivity index (χ0) is 13.8. The molecule has 100 valence electrons. The second-order valence-electron chi connectivity index (χ2n) is 4.20. The van der Waals surface area contributed by atoms with Gasteiger partial charge in [0.1, 0.15) is 6.04 Å². The number of rotatable bonds is 3. The zero-order valence-electron chi connectivity index (χ0n) is 10.1. The number of carbonyl (C=O) groups is 3. The topological polar surface area (TPSA) is 113 Å². The molecule has 1 fully saturated rings. The molecule has 1 aromatic rings. The molecule has 1 aliphatic heterocycles. The zero-order valence-corrected chi connectivity index (χ0v) is 10.1. The molecule has 7 nitrogen and oxygen atoms in total. The number of benzene rings is 1. The van der Waals surface area contributed by atoms with E-state index < -0.39 is 11.9 Å². The standard InChI is InChI=1S/C12H14N4O3/c13-16-8-3-1-7(2-4-8)11(18)14-9-5-6-10(17)15-12(9)19/h1-4,9,16H,5-6,13H2,(H,14,18)(H,15,17,19). The first-order chi connectivity index (χ1) is 9.10. The van der Waals surface area contributed by atoms with Gasteiger partial charge in [0.15, 0.2) is 0 Å². The maximum absolute atomic E-state index is 11.9. The monoisotopic (exact) mass is 262 g/mol. The van der Waals surface area contributed by atoms with E-state index in [1.807, 2.05) is 0 Å². The van der Waals surface area contributed by atoms with Crippen LogP contribution in [0.3, 0.4) is 0 Å². The first-order valence-corrected chi connectivity index (χ1v) is 5.81. The summed E-state index contributed by atoms with van der Waals surface area (Å²) in [5, 5.41) is 4.77. The maximum atomic E-state index is 11.9. The maximum Gasteiger partial charge on any atom is 0.251 e. The van der Waals surface area contributed by atoms with E-state index in [2.05, 4.69) is 16.1 Å². The van der Waals surface area contributed by atoms with E-state index in [-0.39, 0.29) is 18.2 Å². The lowest BCUT2D eigenvalue weighted by atomic mass is 10.1. The number of imide groups is 1. The van der Waals surface area contributed by atoms with E-state index >= 15 is 0 Å². The minimum Gasteiger partial charge on any atom is -0.340 e. The fraction of sp³-hybridized carbons (Fsp3) is 0.250. The predicted octanol–water partition coefficient (Wildman–Crippen LogP) is -0.493. The fourth-order valence-corrected chi connectivity index (χ4v) is 1.79. The van der Waals surface area contributed by atoms with Crippen LogP contribution in [0.2, 0.25) is 0 Å². The second-order valence-corrected chi connectivity index (χ2v) is 4.20. The highest BCUT2D eigenvalue weighted by atomic mass is 16.2. The summed E-state index contributed by atoms with van der Waals surface area (Å²) in [5.74, 6) is 4.08. The molecule has 0 aromatic heterocycles. The summed E-state index contributed by atoms with van der Waals surface area (Å²) in [5.41, 5.74) is 3.55. The largest absolute Gasteiger partial charge is 0.340 e. The normalized spacial score (nSPS) is 18.7. The van der Waals surface area contributed by atoms with Crippen molar-refractivity contribution >= 4 is 23.4 Å². The molecule has 2 rings (SSSR count). The number of nitrogen functional groups attached to an aromatic ring is 1. The molecule has 0 radical (unpaired) electrons. The lowest BCUT2D eigenvalue weighted by Crippen LogP contribution is -2.52. The van der Waals surface area contributed by atoms with E-state index in [9.17, 15) is 14.4 Å². The summed E-state index contributed by atoms with van der Waals surface area (Å²) in [4.78, 5) is 34.4. The van der Waals surface area contributed by atoms with Crippen molar-refractivity contribution in [2.45, 2.75) is 18.9 Å². The van der Waals surface area contributed by atoms with Crippen LogP contribution in [0.1, 0.15) is 23.2 Å². The molecule has 1 saturated heterocycles. The van der Waals surface area contributed by atoms with E-state index in [4.69, 9.17) is 5.84 Å². The lowest BCUT2D eigenvalue weighted by molar-refractivity contribution is -0.134. The minimum absolute atomic E-state index is 0.229. The molecular formula is C12H14N4O3. The predicted molar refractivity (Wildman–Crippen MR) is 67.9 cm³/mol. The van der Waals surface area contributed by atoms with Crippen molar-refractivity contribution in [2.24, 2.45) is 5.84 Å². The van der Waals surface area contributed by atoms with Gasteiger partial charge in [0.25, 0.3) is 5.91 Å². The molecule has 1 heterocycles. The van der Waals surface area contributed by atoms with Crippen molar-refractivity contribution in [1.82, 2.24) is 10.6 Å². The van der Waals surface area contributed by atoms with E-state index in [1.54, 1.807) is 24.3 Å². The summed E-state index contributed by atoms with van der Waals surface area (Å²) in [7, 11) is 0. The third-order valence-corrected chi connectivity index (χ3v) is 2.86. The van der Waals surface area contributed by atoms with Gasteiger partial charge in [-0.1, -0.05) is 0 Å². The molecule has 1 unspecified atom stereocenters. The molecule has 1 aromatic carbocycles. The third kappa shape index (κ3) is 3.08. The molecule has 0 saturated carbocycles. The Bertz CT molecular complexity index is 512. The van der Waals surface area contributed by atoms with Gasteiger partial charge in [0.2, 0.25) is 11.8 Å². The van der Waals surface area contributed by atoms with Crippen molar-refractivity contribution in [3.05, 3.63) is 29.8 Å². The Kier molecular flexibility index (Phi) is 3.76. The molecule has 0 aliphatic carbocycles. The van der Waals surface area contributed by atoms with Crippen LogP contribution in [-0.2, 0) is 9.59 Å². The van der Waals surface area contributed by atoms with Crippen LogP contribution in [0.5, 0.6) is 0 Å². The summed E-state index contributed by atoms with van der Waals surface area (Å²) in [6.45, 7) is 0. The van der Waals surface area contributed by atoms with Gasteiger partial charge in [0.05, 0.1) is 0 Å². The highest BCUT2D eigenvalue weighted by Gasteiger charge is 2.27. The van der Waals surface area contributed by atoms with Crippen molar-refractivity contribution in [2.75, 3.05) is 5.43 Å². The first-order valence-electron chi connectivity index (χ1n) is 5.81. The Morgan fingerprint density at radius 3 is 2.53 bits per heavy atom. The Hall–Kier alpha value is -2.41. The van der Waals surface area contributed by atoms with Crippen LogP contribution < -0.4 is 21.9 Å². The van der Waals surface area contributed by atoms with Gasteiger partial charge in [-0.05, 0) is 30.7 Å². The number of hydrogen-bond acceptors (Lipinski definition) is 5. The van der Waals surface area contributed by atoms with Crippen molar-refractivity contribution < 1.29 is 14.4 Å². The number of nitrogens with two attached hydrogens (primary N) is 1. The summed E-state index contributed by atoms with van der Waals surface area (Å²) < 4.78 is 0. The Balaban J connectivity index is 2.00. The average molecular weight is 262 g/mol. The molecule has 5 N–H and O–H groups in total. The number of hydrazine groups is 1. The Morgan fingerprint density at radius 2 is 1.95 bits per heavy atom. The Labute approximate surface area is 109 Å². The molecule has 3 amide bonds. The highest BCUT2D eigenvalue weighted by molar-refractivity contribution is 6.03. The van der Waals surface area contributed by atoms with Crippen LogP contribution >= 0.6 is 0 Å². The van der Waals surface area contributed by atoms with Crippen LogP contribution in [0, 0.1) is 0 Å². The number of amides is 3. The van der Waals surface area contributed by atoms with Crippen LogP contribution in [0.25, 0.3) is 0 Å². The van der Waals surface area contributed by atoms with Crippen molar-refractivity contribution in [3.8, 4) is 0 Å².